The topological polar surface area (TPSA) is 54.4 Å². The molecule has 0 heterocycles. The molecular weight excluding hydrogens is 327 g/mol. The molecule has 0 unspecified atom stereocenters. The van der Waals surface area contributed by atoms with E-state index in [1.54, 1.807) is 30.3 Å². The fourth-order valence-electron chi connectivity index (χ4n) is 1.42. The van der Waals surface area contributed by atoms with Crippen LogP contribution in [0.4, 0.5) is 0 Å². The molecule has 0 fully saturated rings. The molecule has 0 aliphatic rings. The number of fused-ring (bicyclic) bond motifs is 1. The van der Waals surface area contributed by atoms with Crippen LogP contribution in [0.5, 0.6) is 0 Å². The van der Waals surface area contributed by atoms with Gasteiger partial charge in [-0.1, -0.05) is 36.4 Å². The van der Waals surface area contributed by atoms with E-state index in [2.05, 4.69) is 0 Å². The Labute approximate surface area is 105 Å². The van der Waals surface area contributed by atoms with Crippen molar-refractivity contribution in [3.63, 3.8) is 0 Å². The molecule has 2 aromatic carbocycles. The molecule has 0 saturated heterocycles. The number of hydrogen-bond acceptors (Lipinski definition) is 2. The van der Waals surface area contributed by atoms with E-state index in [4.69, 9.17) is 4.55 Å². The number of benzene rings is 2. The second kappa shape index (κ2) is 4.46. The van der Waals surface area contributed by atoms with Gasteiger partial charge in [0, 0.05) is 5.39 Å². The minimum absolute atomic E-state index is 0. The maximum atomic E-state index is 11.0. The van der Waals surface area contributed by atoms with Crippen LogP contribution in [0, 0.1) is 0 Å². The van der Waals surface area contributed by atoms with Crippen LogP contribution in [0.2, 0.25) is 0 Å². The van der Waals surface area contributed by atoms with Crippen LogP contribution in [0.3, 0.4) is 0 Å². The predicted octanol–water partition coefficient (Wildman–Crippen LogP) is 2.70. The highest BCUT2D eigenvalue weighted by Crippen LogP contribution is 2.21. The molecule has 0 aliphatic heterocycles. The van der Waals surface area contributed by atoms with E-state index in [0.717, 1.165) is 5.39 Å². The molecule has 80 valence electrons. The van der Waals surface area contributed by atoms with Crippen LogP contribution in [0.1, 0.15) is 0 Å². The molecule has 0 spiro atoms. The third kappa shape index (κ3) is 2.47. The highest BCUT2D eigenvalue weighted by Gasteiger charge is 2.12. The van der Waals surface area contributed by atoms with Crippen molar-refractivity contribution in [3.05, 3.63) is 42.5 Å². The lowest BCUT2D eigenvalue weighted by Crippen LogP contribution is -1.98. The Morgan fingerprint density at radius 2 is 1.53 bits per heavy atom. The fourth-order valence-corrected chi connectivity index (χ4v) is 2.13. The molecule has 3 nitrogen and oxygen atoms in total. The smallest absolute Gasteiger partial charge is 0.282 e. The zero-order valence-corrected chi connectivity index (χ0v) is 10.8. The highest BCUT2D eigenvalue weighted by molar-refractivity contribution is 14.0. The van der Waals surface area contributed by atoms with Crippen LogP contribution >= 0.6 is 24.0 Å². The standard InChI is InChI=1S/C10H8O3S.HI/c11-14(12,13)10-7-3-5-8-4-1-2-6-9(8)10;/h1-7H,(H,11,12,13);1H. The van der Waals surface area contributed by atoms with Gasteiger partial charge in [0.25, 0.3) is 10.1 Å². The van der Waals surface area contributed by atoms with E-state index in [0.29, 0.717) is 5.39 Å². The molecular formula is C10H9IO3S. The van der Waals surface area contributed by atoms with E-state index >= 15 is 0 Å². The predicted molar refractivity (Wildman–Crippen MR) is 69.2 cm³/mol. The number of halogens is 1. The Morgan fingerprint density at radius 1 is 0.933 bits per heavy atom. The van der Waals surface area contributed by atoms with Gasteiger partial charge in [0.05, 0.1) is 0 Å². The molecule has 0 aromatic heterocycles. The Kier molecular flexibility index (Phi) is 3.69. The van der Waals surface area contributed by atoms with Gasteiger partial charge in [-0.3, -0.25) is 4.55 Å². The van der Waals surface area contributed by atoms with Crippen molar-refractivity contribution in [2.45, 2.75) is 4.90 Å². The van der Waals surface area contributed by atoms with Crippen LogP contribution < -0.4 is 0 Å². The van der Waals surface area contributed by atoms with Crippen LogP contribution in [-0.2, 0) is 10.1 Å². The van der Waals surface area contributed by atoms with Gasteiger partial charge in [0.1, 0.15) is 4.90 Å². The Balaban J connectivity index is 0.00000112. The molecule has 0 aliphatic carbocycles. The second-order valence-electron chi connectivity index (χ2n) is 2.95. The minimum atomic E-state index is -4.13. The maximum absolute atomic E-state index is 11.0. The Hall–Kier alpha value is -0.660. The molecule has 15 heavy (non-hydrogen) atoms. The summed E-state index contributed by atoms with van der Waals surface area (Å²) in [5.41, 5.74) is 0. The summed E-state index contributed by atoms with van der Waals surface area (Å²) < 4.78 is 31.0. The van der Waals surface area contributed by atoms with E-state index < -0.39 is 10.1 Å². The summed E-state index contributed by atoms with van der Waals surface area (Å²) in [6.07, 6.45) is 0. The first-order valence-corrected chi connectivity index (χ1v) is 5.48. The molecule has 0 radical (unpaired) electrons. The molecule has 0 amide bonds. The molecule has 0 saturated carbocycles. The maximum Gasteiger partial charge on any atom is 0.295 e. The van der Waals surface area contributed by atoms with Crippen molar-refractivity contribution < 1.29 is 13.0 Å². The summed E-state index contributed by atoms with van der Waals surface area (Å²) in [6, 6.07) is 11.8. The molecule has 0 atom stereocenters. The molecule has 5 heteroatoms. The van der Waals surface area contributed by atoms with Crippen molar-refractivity contribution in [1.29, 1.82) is 0 Å². The summed E-state index contributed by atoms with van der Waals surface area (Å²) in [7, 11) is -4.13. The summed E-state index contributed by atoms with van der Waals surface area (Å²) in [6.45, 7) is 0. The van der Waals surface area contributed by atoms with E-state index in [1.165, 1.54) is 6.07 Å². The van der Waals surface area contributed by atoms with Gasteiger partial charge in [-0.05, 0) is 11.5 Å². The van der Waals surface area contributed by atoms with Gasteiger partial charge in [0.2, 0.25) is 0 Å². The van der Waals surface area contributed by atoms with E-state index in [9.17, 15) is 8.42 Å². The fraction of sp³-hybridized carbons (Fsp3) is 0. The summed E-state index contributed by atoms with van der Waals surface area (Å²) in [5, 5.41) is 1.33. The number of rotatable bonds is 1. The Morgan fingerprint density at radius 3 is 2.20 bits per heavy atom. The second-order valence-corrected chi connectivity index (χ2v) is 4.34. The summed E-state index contributed by atoms with van der Waals surface area (Å²) >= 11 is 0. The van der Waals surface area contributed by atoms with Gasteiger partial charge in [-0.15, -0.1) is 24.0 Å². The third-order valence-electron chi connectivity index (χ3n) is 2.03. The SMILES string of the molecule is I.O=S(=O)(O)c1cccc2ccccc12. The van der Waals surface area contributed by atoms with Crippen molar-refractivity contribution in [1.82, 2.24) is 0 Å². The normalized spacial score (nSPS) is 11.0. The van der Waals surface area contributed by atoms with Crippen LogP contribution in [0.25, 0.3) is 10.8 Å². The van der Waals surface area contributed by atoms with Crippen LogP contribution in [0.15, 0.2) is 47.4 Å². The molecule has 0 bridgehead atoms. The molecule has 2 aromatic rings. The zero-order chi connectivity index (χ0) is 10.2. The average molecular weight is 336 g/mol. The van der Waals surface area contributed by atoms with Gasteiger partial charge < -0.3 is 0 Å². The van der Waals surface area contributed by atoms with Gasteiger partial charge >= 0.3 is 0 Å². The summed E-state index contributed by atoms with van der Waals surface area (Å²) in [4.78, 5) is -0.0457. The molecule has 1 N–H and O–H groups in total. The van der Waals surface area contributed by atoms with Crippen molar-refractivity contribution in [2.75, 3.05) is 0 Å². The van der Waals surface area contributed by atoms with Gasteiger partial charge in [0.15, 0.2) is 0 Å². The van der Waals surface area contributed by atoms with Crippen molar-refractivity contribution in [3.8, 4) is 0 Å². The number of hydrogen-bond donors (Lipinski definition) is 1. The first kappa shape index (κ1) is 12.4. The van der Waals surface area contributed by atoms with Gasteiger partial charge in [-0.25, -0.2) is 0 Å². The monoisotopic (exact) mass is 336 g/mol. The first-order valence-electron chi connectivity index (χ1n) is 4.04. The van der Waals surface area contributed by atoms with Crippen LogP contribution in [-0.4, -0.2) is 13.0 Å². The van der Waals surface area contributed by atoms with Crippen molar-refractivity contribution in [2.24, 2.45) is 0 Å². The van der Waals surface area contributed by atoms with E-state index in [-0.39, 0.29) is 28.9 Å². The third-order valence-corrected chi connectivity index (χ3v) is 2.94. The summed E-state index contributed by atoms with van der Waals surface area (Å²) in [5.74, 6) is 0. The van der Waals surface area contributed by atoms with E-state index in [1.807, 2.05) is 6.07 Å². The lowest BCUT2D eigenvalue weighted by molar-refractivity contribution is 0.484. The first-order chi connectivity index (χ1) is 6.59. The van der Waals surface area contributed by atoms with Crippen molar-refractivity contribution >= 4 is 44.9 Å². The minimum Gasteiger partial charge on any atom is -0.282 e. The lowest BCUT2D eigenvalue weighted by atomic mass is 10.1. The Bertz CT molecular complexity index is 573. The lowest BCUT2D eigenvalue weighted by Gasteiger charge is -2.02. The molecule has 2 rings (SSSR count). The average Bonchev–Trinajstić information content (AvgIpc) is 2.15. The zero-order valence-electron chi connectivity index (χ0n) is 7.62. The largest absolute Gasteiger partial charge is 0.295 e. The highest BCUT2D eigenvalue weighted by atomic mass is 127. The quantitative estimate of drug-likeness (QED) is 0.644. The van der Waals surface area contributed by atoms with Gasteiger partial charge in [-0.2, -0.15) is 8.42 Å².